The molecule has 178 valence electrons. The van der Waals surface area contributed by atoms with Gasteiger partial charge in [0, 0.05) is 23.1 Å². The first-order chi connectivity index (χ1) is 16.5. The molecule has 9 nitrogen and oxygen atoms in total. The van der Waals surface area contributed by atoms with Crippen LogP contribution in [0.3, 0.4) is 0 Å². The van der Waals surface area contributed by atoms with Crippen LogP contribution in [0.1, 0.15) is 31.6 Å². The zero-order valence-corrected chi connectivity index (χ0v) is 19.4. The Balaban J connectivity index is 1.57. The van der Waals surface area contributed by atoms with Gasteiger partial charge in [-0.3, -0.25) is 4.79 Å². The molecule has 2 heterocycles. The highest BCUT2D eigenvalue weighted by atomic mass is 16.5. The molecule has 0 saturated heterocycles. The summed E-state index contributed by atoms with van der Waals surface area (Å²) in [5.74, 6) is 2.04. The van der Waals surface area contributed by atoms with E-state index in [1.807, 2.05) is 57.2 Å². The minimum atomic E-state index is -0.837. The minimum Gasteiger partial charge on any atom is -0.490 e. The van der Waals surface area contributed by atoms with Crippen molar-refractivity contribution < 1.29 is 28.3 Å². The van der Waals surface area contributed by atoms with E-state index in [1.165, 1.54) is 0 Å². The lowest BCUT2D eigenvalue weighted by Crippen LogP contribution is -2.17. The maximum absolute atomic E-state index is 10.7. The maximum atomic E-state index is 10.7. The van der Waals surface area contributed by atoms with Gasteiger partial charge in [-0.05, 0) is 62.7 Å². The van der Waals surface area contributed by atoms with Crippen LogP contribution in [0.4, 0.5) is 0 Å². The molecular formula is C25H27N3O6. The number of carboxylic acids is 1. The van der Waals surface area contributed by atoms with Crippen molar-refractivity contribution >= 4 is 16.9 Å². The van der Waals surface area contributed by atoms with Crippen LogP contribution in [0.5, 0.6) is 11.5 Å². The number of nitrogens with one attached hydrogen (secondary N) is 1. The molecule has 0 radical (unpaired) electrons. The monoisotopic (exact) mass is 465 g/mol. The molecule has 0 atom stereocenters. The molecule has 2 aromatic carbocycles. The largest absolute Gasteiger partial charge is 0.490 e. The van der Waals surface area contributed by atoms with Crippen LogP contribution in [-0.2, 0) is 11.3 Å². The fourth-order valence-corrected chi connectivity index (χ4v) is 3.65. The first-order valence-corrected chi connectivity index (χ1v) is 11.2. The maximum Gasteiger partial charge on any atom is 0.304 e. The molecule has 4 aromatic rings. The topological polar surface area (TPSA) is 120 Å². The molecule has 0 bridgehead atoms. The molecular weight excluding hydrogens is 438 g/mol. The molecule has 0 unspecified atom stereocenters. The van der Waals surface area contributed by atoms with Crippen LogP contribution >= 0.6 is 0 Å². The summed E-state index contributed by atoms with van der Waals surface area (Å²) in [6, 6.07) is 11.4. The molecule has 0 aliphatic rings. The molecule has 2 N–H and O–H groups in total. The average molecular weight is 466 g/mol. The first-order valence-electron chi connectivity index (χ1n) is 11.2. The zero-order chi connectivity index (χ0) is 24.1. The van der Waals surface area contributed by atoms with Crippen molar-refractivity contribution in [1.82, 2.24) is 15.5 Å². The summed E-state index contributed by atoms with van der Waals surface area (Å²) >= 11 is 0. The number of hydrogen-bond acceptors (Lipinski definition) is 8. The first kappa shape index (κ1) is 23.3. The number of carbonyl (C=O) groups is 1. The number of hydrogen-bond donors (Lipinski definition) is 2. The number of aliphatic carboxylic acids is 1. The smallest absolute Gasteiger partial charge is 0.304 e. The molecule has 9 heteroatoms. The average Bonchev–Trinajstić information content (AvgIpc) is 3.46. The third kappa shape index (κ3) is 5.20. The molecule has 0 aliphatic heterocycles. The second-order valence-corrected chi connectivity index (χ2v) is 7.70. The van der Waals surface area contributed by atoms with Crippen molar-refractivity contribution in [2.45, 2.75) is 33.7 Å². The number of rotatable bonds is 11. The van der Waals surface area contributed by atoms with Gasteiger partial charge in [-0.25, -0.2) is 0 Å². The van der Waals surface area contributed by atoms with E-state index in [4.69, 9.17) is 23.5 Å². The van der Waals surface area contributed by atoms with Crippen molar-refractivity contribution in [1.29, 1.82) is 0 Å². The molecule has 2 aromatic heterocycles. The van der Waals surface area contributed by atoms with Gasteiger partial charge in [-0.2, -0.15) is 4.98 Å². The third-order valence-electron chi connectivity index (χ3n) is 5.14. The molecule has 0 saturated carbocycles. The van der Waals surface area contributed by atoms with Crippen LogP contribution in [0.2, 0.25) is 0 Å². The van der Waals surface area contributed by atoms with E-state index >= 15 is 0 Å². The molecule has 4 rings (SSSR count). The van der Waals surface area contributed by atoms with Crippen molar-refractivity contribution in [3.05, 3.63) is 47.7 Å². The summed E-state index contributed by atoms with van der Waals surface area (Å²) in [6.07, 6.45) is 0.0595. The Labute approximate surface area is 196 Å². The van der Waals surface area contributed by atoms with Gasteiger partial charge in [-0.15, -0.1) is 0 Å². The number of aromatic nitrogens is 2. The Hall–Kier alpha value is -3.85. The Morgan fingerprint density at radius 3 is 2.62 bits per heavy atom. The number of carboxylic acid groups (broad SMARTS) is 1. The fourth-order valence-electron chi connectivity index (χ4n) is 3.65. The summed E-state index contributed by atoms with van der Waals surface area (Å²) in [6.45, 7) is 7.67. The van der Waals surface area contributed by atoms with Crippen LogP contribution < -0.4 is 14.8 Å². The SMILES string of the molecule is CCOc1ccc(-c2nc(-c3cc(C)c4oc(CNCCC(=O)O)cc4c3)no2)cc1OCC. The van der Waals surface area contributed by atoms with Crippen molar-refractivity contribution in [2.24, 2.45) is 0 Å². The van der Waals surface area contributed by atoms with Gasteiger partial charge in [0.25, 0.3) is 5.89 Å². The number of nitrogens with zero attached hydrogens (tertiary/aromatic N) is 2. The highest BCUT2D eigenvalue weighted by Crippen LogP contribution is 2.34. The van der Waals surface area contributed by atoms with Gasteiger partial charge in [-0.1, -0.05) is 5.16 Å². The Morgan fingerprint density at radius 1 is 1.06 bits per heavy atom. The fraction of sp³-hybridized carbons (Fsp3) is 0.320. The summed E-state index contributed by atoms with van der Waals surface area (Å²) in [5, 5.41) is 16.9. The zero-order valence-electron chi connectivity index (χ0n) is 19.4. The lowest BCUT2D eigenvalue weighted by Gasteiger charge is -2.11. The molecule has 0 spiro atoms. The lowest BCUT2D eigenvalue weighted by atomic mass is 10.1. The molecule has 0 amide bonds. The number of benzene rings is 2. The highest BCUT2D eigenvalue weighted by molar-refractivity contribution is 5.86. The van der Waals surface area contributed by atoms with E-state index in [0.29, 0.717) is 49.5 Å². The van der Waals surface area contributed by atoms with E-state index in [9.17, 15) is 4.79 Å². The van der Waals surface area contributed by atoms with Crippen molar-refractivity contribution in [3.63, 3.8) is 0 Å². The quantitative estimate of drug-likeness (QED) is 0.300. The standard InChI is InChI=1S/C25H27N3O6/c1-4-31-20-7-6-16(13-21(20)32-5-2)25-27-24(28-34-25)18-10-15(3)23-17(11-18)12-19(33-23)14-26-9-8-22(29)30/h6-7,10-13,26H,4-5,8-9,14H2,1-3H3,(H,29,30). The van der Waals surface area contributed by atoms with Gasteiger partial charge in [0.15, 0.2) is 11.5 Å². The molecule has 0 aliphatic carbocycles. The minimum absolute atomic E-state index is 0.0595. The summed E-state index contributed by atoms with van der Waals surface area (Å²) in [4.78, 5) is 15.2. The van der Waals surface area contributed by atoms with E-state index < -0.39 is 5.97 Å². The second-order valence-electron chi connectivity index (χ2n) is 7.70. The van der Waals surface area contributed by atoms with Crippen LogP contribution in [0, 0.1) is 6.92 Å². The summed E-state index contributed by atoms with van der Waals surface area (Å²) in [5.41, 5.74) is 3.26. The van der Waals surface area contributed by atoms with Crippen molar-refractivity contribution in [2.75, 3.05) is 19.8 Å². The van der Waals surface area contributed by atoms with E-state index in [1.54, 1.807) is 0 Å². The summed E-state index contributed by atoms with van der Waals surface area (Å²) < 4.78 is 22.8. The van der Waals surface area contributed by atoms with E-state index in [0.717, 1.165) is 33.4 Å². The van der Waals surface area contributed by atoms with Gasteiger partial charge in [0.1, 0.15) is 11.3 Å². The van der Waals surface area contributed by atoms with E-state index in [2.05, 4.69) is 15.5 Å². The Bertz CT molecular complexity index is 1290. The predicted octanol–water partition coefficient (Wildman–Crippen LogP) is 4.82. The number of fused-ring (bicyclic) bond motifs is 1. The van der Waals surface area contributed by atoms with Gasteiger partial charge >= 0.3 is 5.97 Å². The third-order valence-corrected chi connectivity index (χ3v) is 5.14. The Morgan fingerprint density at radius 2 is 1.85 bits per heavy atom. The Kier molecular flexibility index (Phi) is 7.12. The van der Waals surface area contributed by atoms with Crippen LogP contribution in [0.25, 0.3) is 33.8 Å². The van der Waals surface area contributed by atoms with Gasteiger partial charge in [0.05, 0.1) is 26.2 Å². The second kappa shape index (κ2) is 10.4. The number of furan rings is 1. The van der Waals surface area contributed by atoms with Crippen LogP contribution in [0.15, 0.2) is 45.3 Å². The lowest BCUT2D eigenvalue weighted by molar-refractivity contribution is -0.136. The highest BCUT2D eigenvalue weighted by Gasteiger charge is 2.16. The molecule has 34 heavy (non-hydrogen) atoms. The summed E-state index contributed by atoms with van der Waals surface area (Å²) in [7, 11) is 0. The van der Waals surface area contributed by atoms with E-state index in [-0.39, 0.29) is 6.42 Å². The van der Waals surface area contributed by atoms with Crippen molar-refractivity contribution in [3.8, 4) is 34.3 Å². The van der Waals surface area contributed by atoms with Gasteiger partial charge < -0.3 is 28.8 Å². The normalized spacial score (nSPS) is 11.1. The predicted molar refractivity (Wildman–Crippen MR) is 126 cm³/mol. The number of ether oxygens (including phenoxy) is 2. The molecule has 0 fully saturated rings. The van der Waals surface area contributed by atoms with Crippen LogP contribution in [-0.4, -0.2) is 41.0 Å². The van der Waals surface area contributed by atoms with Gasteiger partial charge in [0.2, 0.25) is 5.82 Å². The number of aryl methyl sites for hydroxylation is 1.